The van der Waals surface area contributed by atoms with Crippen LogP contribution in [-0.4, -0.2) is 26.4 Å². The van der Waals surface area contributed by atoms with Gasteiger partial charge < -0.3 is 14.6 Å². The summed E-state index contributed by atoms with van der Waals surface area (Å²) in [6.07, 6.45) is 0.525. The van der Waals surface area contributed by atoms with E-state index in [9.17, 15) is 4.79 Å². The number of halogens is 1. The van der Waals surface area contributed by atoms with E-state index < -0.39 is 0 Å². The molecular weight excluding hydrogens is 420 g/mol. The van der Waals surface area contributed by atoms with Crippen molar-refractivity contribution in [3.8, 4) is 5.75 Å². The molecule has 0 radical (unpaired) electrons. The van der Waals surface area contributed by atoms with Crippen molar-refractivity contribution in [2.45, 2.75) is 45.0 Å². The molecule has 8 heteroatoms. The minimum absolute atomic E-state index is 0.0755. The number of para-hydroxylation sites is 2. The largest absolute Gasteiger partial charge is 0.481 e. The molecule has 1 aromatic heterocycles. The number of nitrogens with one attached hydrogen (secondary N) is 1. The first-order valence-corrected chi connectivity index (χ1v) is 11.2. The number of amides is 1. The zero-order valence-corrected chi connectivity index (χ0v) is 18.8. The second-order valence-corrected chi connectivity index (χ2v) is 7.97. The Morgan fingerprint density at radius 3 is 2.63 bits per heavy atom. The van der Waals surface area contributed by atoms with Gasteiger partial charge >= 0.3 is 0 Å². The molecule has 3 aromatic rings. The summed E-state index contributed by atoms with van der Waals surface area (Å²) in [6.45, 7) is 6.65. The number of benzene rings is 2. The maximum absolute atomic E-state index is 12.4. The zero-order chi connectivity index (χ0) is 21.5. The highest BCUT2D eigenvalue weighted by Crippen LogP contribution is 2.29. The lowest BCUT2D eigenvalue weighted by atomic mass is 10.1. The van der Waals surface area contributed by atoms with E-state index in [1.54, 1.807) is 6.07 Å². The van der Waals surface area contributed by atoms with Gasteiger partial charge in [-0.2, -0.15) is 0 Å². The molecule has 0 aliphatic heterocycles. The summed E-state index contributed by atoms with van der Waals surface area (Å²) in [5.74, 6) is 1.46. The van der Waals surface area contributed by atoms with E-state index in [2.05, 4.69) is 22.4 Å². The van der Waals surface area contributed by atoms with Gasteiger partial charge in [-0.05, 0) is 44.0 Å². The van der Waals surface area contributed by atoms with Crippen LogP contribution < -0.4 is 10.1 Å². The molecule has 0 saturated heterocycles. The number of nitrogens with zero attached hydrogens (tertiary/aromatic N) is 3. The summed E-state index contributed by atoms with van der Waals surface area (Å²) in [4.78, 5) is 12.4. The number of rotatable bonds is 9. The van der Waals surface area contributed by atoms with Gasteiger partial charge in [0.25, 0.3) is 0 Å². The second-order valence-electron chi connectivity index (χ2n) is 6.62. The topological polar surface area (TPSA) is 69.0 Å². The third-order valence-corrected chi connectivity index (χ3v) is 5.85. The van der Waals surface area contributed by atoms with Gasteiger partial charge in [0.15, 0.2) is 17.1 Å². The van der Waals surface area contributed by atoms with Gasteiger partial charge in [0.05, 0.1) is 10.8 Å². The lowest BCUT2D eigenvalue weighted by Gasteiger charge is -2.16. The lowest BCUT2D eigenvalue weighted by Crippen LogP contribution is -2.16. The van der Waals surface area contributed by atoms with Crippen molar-refractivity contribution in [2.75, 3.05) is 11.1 Å². The average molecular weight is 445 g/mol. The highest BCUT2D eigenvalue weighted by molar-refractivity contribution is 7.99. The third kappa shape index (κ3) is 5.34. The van der Waals surface area contributed by atoms with Gasteiger partial charge in [-0.1, -0.05) is 60.6 Å². The van der Waals surface area contributed by atoms with Crippen molar-refractivity contribution in [2.24, 2.45) is 0 Å². The number of hydrogen-bond donors (Lipinski definition) is 1. The maximum atomic E-state index is 12.4. The first-order valence-electron chi connectivity index (χ1n) is 9.88. The molecular formula is C22H25ClN4O2S. The van der Waals surface area contributed by atoms with E-state index in [1.165, 1.54) is 11.8 Å². The number of thioether (sulfide) groups is 1. The van der Waals surface area contributed by atoms with Crippen LogP contribution in [0.2, 0.25) is 5.02 Å². The normalized spacial score (nSPS) is 11.9. The molecule has 30 heavy (non-hydrogen) atoms. The molecule has 1 N–H and O–H groups in total. The van der Waals surface area contributed by atoms with Gasteiger partial charge in [0, 0.05) is 12.2 Å². The smallest absolute Gasteiger partial charge is 0.234 e. The standard InChI is InChI=1S/C22H25ClN4O2S/c1-4-16-10-6-8-12-18(16)24-20(28)14-30-22-26-25-21(27(22)5-2)15(3)29-19-13-9-7-11-17(19)23/h6-13,15H,4-5,14H2,1-3H3,(H,24,28)/t15-/m1/s1. The summed E-state index contributed by atoms with van der Waals surface area (Å²) < 4.78 is 7.93. The van der Waals surface area contributed by atoms with Gasteiger partial charge in [-0.3, -0.25) is 4.79 Å². The number of carbonyl (C=O) groups excluding carboxylic acids is 1. The molecule has 3 rings (SSSR count). The van der Waals surface area contributed by atoms with Crippen molar-refractivity contribution in [1.82, 2.24) is 14.8 Å². The van der Waals surface area contributed by atoms with Crippen molar-refractivity contribution >= 4 is 35.0 Å². The predicted molar refractivity (Wildman–Crippen MR) is 121 cm³/mol. The maximum Gasteiger partial charge on any atom is 0.234 e. The second kappa shape index (κ2) is 10.5. The van der Waals surface area contributed by atoms with E-state index in [1.807, 2.05) is 60.9 Å². The average Bonchev–Trinajstić information content (AvgIpc) is 3.17. The van der Waals surface area contributed by atoms with Gasteiger partial charge in [0.1, 0.15) is 5.75 Å². The molecule has 0 aliphatic carbocycles. The van der Waals surface area contributed by atoms with Gasteiger partial charge in [-0.15, -0.1) is 10.2 Å². The van der Waals surface area contributed by atoms with Crippen molar-refractivity contribution < 1.29 is 9.53 Å². The Hall–Kier alpha value is -2.51. The molecule has 1 atom stereocenters. The van der Waals surface area contributed by atoms with Crippen LogP contribution in [0.3, 0.4) is 0 Å². The van der Waals surface area contributed by atoms with Crippen LogP contribution in [0.4, 0.5) is 5.69 Å². The van der Waals surface area contributed by atoms with E-state index in [4.69, 9.17) is 16.3 Å². The fraction of sp³-hybridized carbons (Fsp3) is 0.318. The molecule has 0 unspecified atom stereocenters. The monoisotopic (exact) mass is 444 g/mol. The van der Waals surface area contributed by atoms with Crippen LogP contribution in [0.25, 0.3) is 0 Å². The number of anilines is 1. The SMILES string of the molecule is CCc1ccccc1NC(=O)CSc1nnc([C@@H](C)Oc2ccccc2Cl)n1CC. The molecule has 6 nitrogen and oxygen atoms in total. The molecule has 0 saturated carbocycles. The Morgan fingerprint density at radius 1 is 1.17 bits per heavy atom. The summed E-state index contributed by atoms with van der Waals surface area (Å²) >= 11 is 7.55. The molecule has 0 aliphatic rings. The first kappa shape index (κ1) is 22.2. The van der Waals surface area contributed by atoms with Crippen molar-refractivity contribution in [3.05, 3.63) is 64.9 Å². The van der Waals surface area contributed by atoms with Crippen LogP contribution >= 0.6 is 23.4 Å². The number of aromatic nitrogens is 3. The minimum Gasteiger partial charge on any atom is -0.481 e. The molecule has 0 bridgehead atoms. The van der Waals surface area contributed by atoms with E-state index >= 15 is 0 Å². The number of ether oxygens (including phenoxy) is 1. The van der Waals surface area contributed by atoms with Crippen LogP contribution in [0.5, 0.6) is 5.75 Å². The quantitative estimate of drug-likeness (QED) is 0.448. The lowest BCUT2D eigenvalue weighted by molar-refractivity contribution is -0.113. The Morgan fingerprint density at radius 2 is 1.90 bits per heavy atom. The minimum atomic E-state index is -0.336. The van der Waals surface area contributed by atoms with Crippen LogP contribution in [-0.2, 0) is 17.8 Å². The van der Waals surface area contributed by atoms with Crippen LogP contribution in [0.1, 0.15) is 38.3 Å². The van der Waals surface area contributed by atoms with Crippen molar-refractivity contribution in [3.63, 3.8) is 0 Å². The summed E-state index contributed by atoms with van der Waals surface area (Å²) in [5, 5.41) is 12.8. The Kier molecular flexibility index (Phi) is 7.76. The highest BCUT2D eigenvalue weighted by atomic mass is 35.5. The fourth-order valence-electron chi connectivity index (χ4n) is 3.06. The molecule has 2 aromatic carbocycles. The number of aryl methyl sites for hydroxylation is 1. The first-order chi connectivity index (χ1) is 14.5. The third-order valence-electron chi connectivity index (χ3n) is 4.57. The summed E-state index contributed by atoms with van der Waals surface area (Å²) in [6, 6.07) is 15.2. The highest BCUT2D eigenvalue weighted by Gasteiger charge is 2.20. The van der Waals surface area contributed by atoms with E-state index in [0.717, 1.165) is 17.7 Å². The Bertz CT molecular complexity index is 1010. The zero-order valence-electron chi connectivity index (χ0n) is 17.3. The number of carbonyl (C=O) groups is 1. The van der Waals surface area contributed by atoms with Crippen LogP contribution in [0, 0.1) is 0 Å². The van der Waals surface area contributed by atoms with Gasteiger partial charge in [-0.25, -0.2) is 0 Å². The van der Waals surface area contributed by atoms with Crippen LogP contribution in [0.15, 0.2) is 53.7 Å². The molecule has 0 fully saturated rings. The van der Waals surface area contributed by atoms with E-state index in [-0.39, 0.29) is 17.8 Å². The summed E-state index contributed by atoms with van der Waals surface area (Å²) in [5.41, 5.74) is 1.96. The molecule has 0 spiro atoms. The van der Waals surface area contributed by atoms with Crippen molar-refractivity contribution in [1.29, 1.82) is 0 Å². The Balaban J connectivity index is 1.65. The van der Waals surface area contributed by atoms with Gasteiger partial charge in [0.2, 0.25) is 5.91 Å². The van der Waals surface area contributed by atoms with E-state index in [0.29, 0.717) is 28.3 Å². The molecule has 158 valence electrons. The number of hydrogen-bond acceptors (Lipinski definition) is 5. The Labute approximate surface area is 186 Å². The molecule has 1 amide bonds. The summed E-state index contributed by atoms with van der Waals surface area (Å²) in [7, 11) is 0. The predicted octanol–water partition coefficient (Wildman–Crippen LogP) is 5.38. The molecule has 1 heterocycles. The fourth-order valence-corrected chi connectivity index (χ4v) is 4.04.